The van der Waals surface area contributed by atoms with Crippen molar-refractivity contribution in [2.75, 3.05) is 66.3 Å². The van der Waals surface area contributed by atoms with Crippen LogP contribution in [0.2, 0.25) is 0 Å². The summed E-state index contributed by atoms with van der Waals surface area (Å²) in [6.45, 7) is 3.50. The average molecular weight is 823 g/mol. The minimum absolute atomic E-state index is 0.0724. The molecule has 0 radical (unpaired) electrons. The van der Waals surface area contributed by atoms with Gasteiger partial charge in [-0.25, -0.2) is 14.4 Å². The van der Waals surface area contributed by atoms with Gasteiger partial charge in [0.25, 0.3) is 0 Å². The number of aryl methyl sites for hydroxylation is 1. The summed E-state index contributed by atoms with van der Waals surface area (Å²) in [5.41, 5.74) is 0.184. The van der Waals surface area contributed by atoms with Gasteiger partial charge in [0.15, 0.2) is 17.2 Å². The van der Waals surface area contributed by atoms with E-state index in [1.165, 1.54) is 13.0 Å². The topological polar surface area (TPSA) is 298 Å². The van der Waals surface area contributed by atoms with Crippen LogP contribution < -0.4 is 0 Å². The number of hydrogen-bond donors (Lipinski definition) is 9. The van der Waals surface area contributed by atoms with Gasteiger partial charge in [-0.3, -0.25) is 0 Å². The predicted molar refractivity (Wildman–Crippen MR) is 199 cm³/mol. The Balaban J connectivity index is 1.48. The van der Waals surface area contributed by atoms with Crippen molar-refractivity contribution in [2.45, 2.75) is 46.0 Å². The number of benzene rings is 3. The largest absolute Gasteiger partial charge is 0.508 e. The number of aromatic hydroxyl groups is 6. The number of phenols is 6. The molecule has 58 heavy (non-hydrogen) atoms. The third-order valence-corrected chi connectivity index (χ3v) is 8.44. The molecule has 4 atom stereocenters. The highest BCUT2D eigenvalue weighted by molar-refractivity contribution is 5.92. The van der Waals surface area contributed by atoms with Gasteiger partial charge in [0, 0.05) is 11.0 Å². The molecule has 4 unspecified atom stereocenters. The molecule has 0 saturated carbocycles. The zero-order chi connectivity index (χ0) is 43.2. The number of carbonyl (C=O) groups is 3. The second-order valence-electron chi connectivity index (χ2n) is 13.9. The summed E-state index contributed by atoms with van der Waals surface area (Å²) in [4.78, 5) is 37.1. The Morgan fingerprint density at radius 2 is 0.845 bits per heavy atom. The van der Waals surface area contributed by atoms with Crippen molar-refractivity contribution in [1.82, 2.24) is 0 Å². The quantitative estimate of drug-likeness (QED) is 0.0217. The molecule has 0 heterocycles. The molecule has 9 N–H and O–H groups in total. The lowest BCUT2D eigenvalue weighted by molar-refractivity contribution is -0.133. The van der Waals surface area contributed by atoms with Gasteiger partial charge in [0.2, 0.25) is 0 Å². The molecule has 0 amide bonds. The van der Waals surface area contributed by atoms with Gasteiger partial charge in [-0.05, 0) is 68.3 Å². The van der Waals surface area contributed by atoms with Crippen molar-refractivity contribution < 1.29 is 93.5 Å². The maximum absolute atomic E-state index is 12.5. The number of phenolic OH excluding ortho intramolecular Hbond substituents is 6. The molecule has 0 saturated heterocycles. The Hall–Kier alpha value is -5.41. The van der Waals surface area contributed by atoms with Gasteiger partial charge in [0.1, 0.15) is 62.2 Å². The molecule has 3 aromatic carbocycles. The summed E-state index contributed by atoms with van der Waals surface area (Å²) in [5, 5.41) is 89.3. The van der Waals surface area contributed by atoms with Crippen molar-refractivity contribution >= 4 is 17.9 Å². The normalized spacial score (nSPS) is 13.9. The number of aliphatic hydroxyl groups excluding tert-OH is 3. The van der Waals surface area contributed by atoms with Crippen molar-refractivity contribution in [2.24, 2.45) is 5.41 Å². The maximum Gasteiger partial charge on any atom is 0.338 e. The SMILES string of the molecule is Cc1cc(C(=O)OCC(O)COCC(C)(COCOCC(O)COC(=O)c2cc(O)c(O)c(O)c2)COCC(O)COC(=O)c2cc(O)c(C)c(O)c2)cc(O)c1C. The molecular weight excluding hydrogens is 772 g/mol. The van der Waals surface area contributed by atoms with Gasteiger partial charge in [-0.15, -0.1) is 0 Å². The first-order valence-corrected chi connectivity index (χ1v) is 17.7. The monoisotopic (exact) mass is 822 g/mol. The Kier molecular flexibility index (Phi) is 17.8. The predicted octanol–water partition coefficient (Wildman–Crippen LogP) is 1.83. The summed E-state index contributed by atoms with van der Waals surface area (Å²) in [6, 6.07) is 6.78. The van der Waals surface area contributed by atoms with Crippen LogP contribution in [0, 0.1) is 26.2 Å². The van der Waals surface area contributed by atoms with Gasteiger partial charge in [-0.2, -0.15) is 0 Å². The van der Waals surface area contributed by atoms with E-state index < -0.39 is 78.7 Å². The molecule has 0 spiro atoms. The zero-order valence-corrected chi connectivity index (χ0v) is 32.4. The number of ether oxygens (including phenoxy) is 7. The molecule has 19 heteroatoms. The van der Waals surface area contributed by atoms with Crippen LogP contribution in [-0.2, 0) is 33.2 Å². The van der Waals surface area contributed by atoms with Crippen LogP contribution in [0.5, 0.6) is 34.5 Å². The van der Waals surface area contributed by atoms with Crippen molar-refractivity contribution in [1.29, 1.82) is 0 Å². The van der Waals surface area contributed by atoms with E-state index in [2.05, 4.69) is 0 Å². The summed E-state index contributed by atoms with van der Waals surface area (Å²) < 4.78 is 37.4. The minimum atomic E-state index is -1.31. The van der Waals surface area contributed by atoms with Gasteiger partial charge < -0.3 is 79.1 Å². The van der Waals surface area contributed by atoms with E-state index in [0.29, 0.717) is 11.1 Å². The standard InChI is InChI=1S/C39H50O19/c1-21-5-24(6-30(43)22(21)2)36(49)56-14-27(40)11-52-17-39(4,18-53-12-28(41)15-57-37(50)25-7-31(44)23(3)32(45)8-25)19-55-20-54-13-29(42)16-58-38(51)26-9-33(46)35(48)34(47)10-26/h5-10,27-29,40-48H,11-20H2,1-4H3. The molecule has 3 aromatic rings. The molecular formula is C39H50O19. The Labute approximate surface area is 333 Å². The van der Waals surface area contributed by atoms with E-state index in [1.54, 1.807) is 26.8 Å². The number of hydrogen-bond acceptors (Lipinski definition) is 19. The third-order valence-electron chi connectivity index (χ3n) is 8.44. The van der Waals surface area contributed by atoms with Crippen LogP contribution in [0.15, 0.2) is 36.4 Å². The van der Waals surface area contributed by atoms with Crippen molar-refractivity contribution in [3.63, 3.8) is 0 Å². The van der Waals surface area contributed by atoms with E-state index in [1.807, 2.05) is 0 Å². The number of rotatable bonds is 23. The first-order valence-electron chi connectivity index (χ1n) is 17.7. The van der Waals surface area contributed by atoms with E-state index in [0.717, 1.165) is 24.3 Å². The third kappa shape index (κ3) is 14.5. The van der Waals surface area contributed by atoms with Crippen LogP contribution in [-0.4, -0.2) is 148 Å². The molecule has 320 valence electrons. The van der Waals surface area contributed by atoms with Crippen LogP contribution in [0.3, 0.4) is 0 Å². The van der Waals surface area contributed by atoms with Crippen molar-refractivity contribution in [3.05, 3.63) is 69.8 Å². The fourth-order valence-electron chi connectivity index (χ4n) is 4.93. The fourth-order valence-corrected chi connectivity index (χ4v) is 4.93. The second kappa shape index (κ2) is 21.9. The highest BCUT2D eigenvalue weighted by Gasteiger charge is 2.28. The molecule has 0 bridgehead atoms. The highest BCUT2D eigenvalue weighted by Crippen LogP contribution is 2.35. The van der Waals surface area contributed by atoms with E-state index in [9.17, 15) is 60.3 Å². The maximum atomic E-state index is 12.5. The van der Waals surface area contributed by atoms with Crippen LogP contribution in [0.25, 0.3) is 0 Å². The first-order chi connectivity index (χ1) is 27.3. The van der Waals surface area contributed by atoms with E-state index in [4.69, 9.17) is 33.2 Å². The lowest BCUT2D eigenvalue weighted by Crippen LogP contribution is -2.37. The lowest BCUT2D eigenvalue weighted by atomic mass is 9.94. The number of aliphatic hydroxyl groups is 3. The zero-order valence-electron chi connectivity index (χ0n) is 32.4. The first kappa shape index (κ1) is 47.0. The summed E-state index contributed by atoms with van der Waals surface area (Å²) in [6.07, 6.45) is -3.84. The van der Waals surface area contributed by atoms with Crippen LogP contribution in [0.1, 0.15) is 54.7 Å². The summed E-state index contributed by atoms with van der Waals surface area (Å²) in [7, 11) is 0. The highest BCUT2D eigenvalue weighted by atomic mass is 16.7. The van der Waals surface area contributed by atoms with Gasteiger partial charge in [-0.1, -0.05) is 6.92 Å². The molecule has 3 rings (SSSR count). The second-order valence-corrected chi connectivity index (χ2v) is 13.9. The Morgan fingerprint density at radius 1 is 0.500 bits per heavy atom. The van der Waals surface area contributed by atoms with Crippen molar-refractivity contribution in [3.8, 4) is 34.5 Å². The molecule has 0 aliphatic heterocycles. The molecule has 0 aliphatic rings. The Bertz CT molecular complexity index is 1710. The summed E-state index contributed by atoms with van der Waals surface area (Å²) >= 11 is 0. The molecule has 19 nitrogen and oxygen atoms in total. The number of carbonyl (C=O) groups excluding carboxylic acids is 3. The van der Waals surface area contributed by atoms with Crippen LogP contribution >= 0.6 is 0 Å². The van der Waals surface area contributed by atoms with E-state index in [-0.39, 0.29) is 85.9 Å². The molecule has 0 aliphatic carbocycles. The smallest absolute Gasteiger partial charge is 0.338 e. The fraction of sp³-hybridized carbons (Fsp3) is 0.462. The summed E-state index contributed by atoms with van der Waals surface area (Å²) in [5.74, 6) is -5.68. The molecule has 0 fully saturated rings. The van der Waals surface area contributed by atoms with E-state index >= 15 is 0 Å². The van der Waals surface area contributed by atoms with Gasteiger partial charge in [0.05, 0.1) is 56.3 Å². The average Bonchev–Trinajstić information content (AvgIpc) is 3.17. The van der Waals surface area contributed by atoms with Gasteiger partial charge >= 0.3 is 17.9 Å². The minimum Gasteiger partial charge on any atom is -0.508 e. The van der Waals surface area contributed by atoms with Crippen LogP contribution in [0.4, 0.5) is 0 Å². The lowest BCUT2D eigenvalue weighted by Gasteiger charge is -2.30. The number of esters is 3. The Morgan fingerprint density at radius 3 is 1.26 bits per heavy atom. The molecule has 0 aromatic heterocycles.